The summed E-state index contributed by atoms with van der Waals surface area (Å²) < 4.78 is 6.37. The van der Waals surface area contributed by atoms with E-state index in [9.17, 15) is 0 Å². The minimum atomic E-state index is 0.274. The van der Waals surface area contributed by atoms with Crippen LogP contribution in [-0.4, -0.2) is 19.2 Å². The summed E-state index contributed by atoms with van der Waals surface area (Å²) in [5, 5.41) is 3.45. The van der Waals surface area contributed by atoms with Crippen molar-refractivity contribution in [3.8, 4) is 5.75 Å². The summed E-state index contributed by atoms with van der Waals surface area (Å²) in [6.45, 7) is 11.3. The fourth-order valence-corrected chi connectivity index (χ4v) is 3.84. The molecule has 4 unspecified atom stereocenters. The lowest BCUT2D eigenvalue weighted by Gasteiger charge is -2.39. The number of aryl methyl sites for hydroxylation is 1. The molecule has 1 aromatic rings. The Balaban J connectivity index is 2.14. The maximum Gasteiger partial charge on any atom is 0.120 e. The first-order chi connectivity index (χ1) is 9.92. The van der Waals surface area contributed by atoms with E-state index in [1.54, 1.807) is 0 Å². The third kappa shape index (κ3) is 3.79. The number of benzene rings is 1. The summed E-state index contributed by atoms with van der Waals surface area (Å²) in [4.78, 5) is 0. The fourth-order valence-electron chi connectivity index (χ4n) is 3.84. The summed E-state index contributed by atoms with van der Waals surface area (Å²) in [7, 11) is 2.05. The molecule has 0 heterocycles. The lowest BCUT2D eigenvalue weighted by atomic mass is 9.78. The Morgan fingerprint density at radius 2 is 1.90 bits per heavy atom. The van der Waals surface area contributed by atoms with E-state index in [1.165, 1.54) is 24.0 Å². The van der Waals surface area contributed by atoms with Crippen molar-refractivity contribution in [2.75, 3.05) is 7.05 Å². The van der Waals surface area contributed by atoms with Gasteiger partial charge in [-0.15, -0.1) is 0 Å². The number of hydrogen-bond acceptors (Lipinski definition) is 2. The molecule has 2 heteroatoms. The normalized spacial score (nSPS) is 29.7. The predicted molar refractivity (Wildman–Crippen MR) is 90.1 cm³/mol. The summed E-state index contributed by atoms with van der Waals surface area (Å²) >= 11 is 0. The zero-order valence-electron chi connectivity index (χ0n) is 14.4. The van der Waals surface area contributed by atoms with Crippen LogP contribution in [0.4, 0.5) is 0 Å². The molecule has 1 N–H and O–H groups in total. The van der Waals surface area contributed by atoms with E-state index in [4.69, 9.17) is 4.74 Å². The fraction of sp³-hybridized carbons (Fsp3) is 0.684. The van der Waals surface area contributed by atoms with Crippen LogP contribution in [0.25, 0.3) is 0 Å². The largest absolute Gasteiger partial charge is 0.489 e. The number of nitrogens with one attached hydrogen (secondary N) is 1. The molecule has 1 aliphatic carbocycles. The molecule has 4 atom stereocenters. The summed E-state index contributed by atoms with van der Waals surface area (Å²) in [6.07, 6.45) is 2.73. The van der Waals surface area contributed by atoms with Gasteiger partial charge in [-0.05, 0) is 67.8 Å². The van der Waals surface area contributed by atoms with Gasteiger partial charge >= 0.3 is 0 Å². The van der Waals surface area contributed by atoms with Crippen LogP contribution in [-0.2, 0) is 0 Å². The van der Waals surface area contributed by atoms with Gasteiger partial charge in [-0.25, -0.2) is 0 Å². The lowest BCUT2D eigenvalue weighted by Crippen LogP contribution is -2.49. The number of rotatable bonds is 4. The van der Waals surface area contributed by atoms with E-state index in [0.29, 0.717) is 17.9 Å². The number of ether oxygens (including phenoxy) is 1. The van der Waals surface area contributed by atoms with E-state index in [0.717, 1.165) is 11.7 Å². The van der Waals surface area contributed by atoms with Crippen molar-refractivity contribution in [1.82, 2.24) is 5.32 Å². The van der Waals surface area contributed by atoms with Crippen molar-refractivity contribution in [2.45, 2.75) is 65.5 Å². The van der Waals surface area contributed by atoms with Crippen LogP contribution in [0.5, 0.6) is 5.75 Å². The molecule has 0 spiro atoms. The topological polar surface area (TPSA) is 21.3 Å². The zero-order chi connectivity index (χ0) is 15.6. The second-order valence-electron chi connectivity index (χ2n) is 7.20. The van der Waals surface area contributed by atoms with Crippen LogP contribution >= 0.6 is 0 Å². The molecule has 1 fully saturated rings. The van der Waals surface area contributed by atoms with Crippen LogP contribution in [0.3, 0.4) is 0 Å². The van der Waals surface area contributed by atoms with Crippen LogP contribution in [0, 0.1) is 18.8 Å². The maximum absolute atomic E-state index is 6.37. The summed E-state index contributed by atoms with van der Waals surface area (Å²) in [5.74, 6) is 2.96. The average Bonchev–Trinajstić information content (AvgIpc) is 2.41. The smallest absolute Gasteiger partial charge is 0.120 e. The molecular weight excluding hydrogens is 258 g/mol. The van der Waals surface area contributed by atoms with Gasteiger partial charge in [0.25, 0.3) is 0 Å². The zero-order valence-corrected chi connectivity index (χ0v) is 14.4. The molecule has 0 bridgehead atoms. The monoisotopic (exact) mass is 289 g/mol. The van der Waals surface area contributed by atoms with Gasteiger partial charge in [0.2, 0.25) is 0 Å². The first-order valence-corrected chi connectivity index (χ1v) is 8.36. The van der Waals surface area contributed by atoms with E-state index in [2.05, 4.69) is 65.2 Å². The SMILES string of the molecule is CNC1CC(C)CC(C)C1Oc1ccc(C(C)C)c(C)c1. The van der Waals surface area contributed by atoms with Gasteiger partial charge in [0.15, 0.2) is 0 Å². The number of likely N-dealkylation sites (N-methyl/N-ethyl adjacent to an activating group) is 1. The first-order valence-electron chi connectivity index (χ1n) is 8.36. The standard InChI is InChI=1S/C19H31NO/c1-12(2)17-8-7-16(11-14(17)4)21-19-15(5)9-13(3)10-18(19)20-6/h7-8,11-13,15,18-20H,9-10H2,1-6H3. The van der Waals surface area contributed by atoms with Crippen LogP contribution in [0.1, 0.15) is 57.6 Å². The van der Waals surface area contributed by atoms with Crippen molar-refractivity contribution < 1.29 is 4.74 Å². The van der Waals surface area contributed by atoms with Gasteiger partial charge in [-0.3, -0.25) is 0 Å². The Labute approximate surface area is 130 Å². The number of hydrogen-bond donors (Lipinski definition) is 1. The highest BCUT2D eigenvalue weighted by Crippen LogP contribution is 2.33. The third-order valence-corrected chi connectivity index (χ3v) is 4.89. The molecule has 0 amide bonds. The minimum absolute atomic E-state index is 0.274. The van der Waals surface area contributed by atoms with E-state index in [1.807, 2.05) is 0 Å². The molecule has 0 aromatic heterocycles. The lowest BCUT2D eigenvalue weighted by molar-refractivity contribution is 0.0506. The highest BCUT2D eigenvalue weighted by atomic mass is 16.5. The molecule has 21 heavy (non-hydrogen) atoms. The first kappa shape index (κ1) is 16.4. The molecule has 118 valence electrons. The van der Waals surface area contributed by atoms with Crippen LogP contribution in [0.15, 0.2) is 18.2 Å². The van der Waals surface area contributed by atoms with E-state index >= 15 is 0 Å². The summed E-state index contributed by atoms with van der Waals surface area (Å²) in [5.41, 5.74) is 2.75. The highest BCUT2D eigenvalue weighted by Gasteiger charge is 2.34. The van der Waals surface area contributed by atoms with Gasteiger partial charge in [0.1, 0.15) is 11.9 Å². The molecule has 2 rings (SSSR count). The van der Waals surface area contributed by atoms with Crippen molar-refractivity contribution >= 4 is 0 Å². The van der Waals surface area contributed by atoms with Crippen molar-refractivity contribution in [3.63, 3.8) is 0 Å². The van der Waals surface area contributed by atoms with Crippen molar-refractivity contribution in [1.29, 1.82) is 0 Å². The molecule has 1 saturated carbocycles. The Kier molecular flexibility index (Phi) is 5.32. The Morgan fingerprint density at radius 1 is 1.19 bits per heavy atom. The molecule has 0 saturated heterocycles. The Bertz CT molecular complexity index is 469. The van der Waals surface area contributed by atoms with Gasteiger partial charge in [-0.1, -0.05) is 33.8 Å². The third-order valence-electron chi connectivity index (χ3n) is 4.89. The quantitative estimate of drug-likeness (QED) is 0.880. The molecule has 1 aliphatic rings. The molecule has 0 aliphatic heterocycles. The van der Waals surface area contributed by atoms with Crippen molar-refractivity contribution in [3.05, 3.63) is 29.3 Å². The van der Waals surface area contributed by atoms with Gasteiger partial charge in [0, 0.05) is 6.04 Å². The Hall–Kier alpha value is -1.02. The summed E-state index contributed by atoms with van der Waals surface area (Å²) in [6, 6.07) is 7.01. The Morgan fingerprint density at radius 3 is 2.48 bits per heavy atom. The second-order valence-corrected chi connectivity index (χ2v) is 7.20. The molecule has 0 radical (unpaired) electrons. The van der Waals surface area contributed by atoms with Gasteiger partial charge in [-0.2, -0.15) is 0 Å². The van der Waals surface area contributed by atoms with E-state index in [-0.39, 0.29) is 6.10 Å². The average molecular weight is 289 g/mol. The maximum atomic E-state index is 6.37. The minimum Gasteiger partial charge on any atom is -0.489 e. The van der Waals surface area contributed by atoms with Crippen LogP contribution < -0.4 is 10.1 Å². The second kappa shape index (κ2) is 6.83. The van der Waals surface area contributed by atoms with Gasteiger partial charge < -0.3 is 10.1 Å². The molecule has 2 nitrogen and oxygen atoms in total. The molecule has 1 aromatic carbocycles. The highest BCUT2D eigenvalue weighted by molar-refractivity contribution is 5.36. The predicted octanol–water partition coefficient (Wildman–Crippen LogP) is 4.52. The van der Waals surface area contributed by atoms with E-state index < -0.39 is 0 Å². The molecular formula is C19H31NO. The van der Waals surface area contributed by atoms with Crippen molar-refractivity contribution in [2.24, 2.45) is 11.8 Å². The van der Waals surface area contributed by atoms with Gasteiger partial charge in [0.05, 0.1) is 0 Å². The van der Waals surface area contributed by atoms with Crippen LogP contribution in [0.2, 0.25) is 0 Å².